The third-order valence-electron chi connectivity index (χ3n) is 3.31. The summed E-state index contributed by atoms with van der Waals surface area (Å²) in [6, 6.07) is 0. The molecule has 0 aliphatic heterocycles. The summed E-state index contributed by atoms with van der Waals surface area (Å²) in [6.45, 7) is 2.82. The van der Waals surface area contributed by atoms with Crippen molar-refractivity contribution in [2.24, 2.45) is 17.6 Å². The second kappa shape index (κ2) is 6.18. The fourth-order valence-electron chi connectivity index (χ4n) is 2.16. The largest absolute Gasteiger partial charge is 0.330 e. The predicted molar refractivity (Wildman–Crippen MR) is 59.0 cm³/mol. The van der Waals surface area contributed by atoms with Crippen molar-refractivity contribution in [2.45, 2.75) is 51.9 Å². The van der Waals surface area contributed by atoms with Gasteiger partial charge in [0.25, 0.3) is 0 Å². The van der Waals surface area contributed by atoms with Crippen molar-refractivity contribution in [2.75, 3.05) is 6.54 Å². The molecule has 0 aromatic heterocycles. The van der Waals surface area contributed by atoms with E-state index in [1.165, 1.54) is 25.7 Å². The number of hydrogen-bond acceptors (Lipinski definition) is 2. The van der Waals surface area contributed by atoms with Crippen LogP contribution in [0, 0.1) is 11.8 Å². The highest BCUT2D eigenvalue weighted by Crippen LogP contribution is 2.28. The first kappa shape index (κ1) is 11.7. The molecule has 1 saturated carbocycles. The minimum Gasteiger partial charge on any atom is -0.330 e. The van der Waals surface area contributed by atoms with Crippen LogP contribution in [0.5, 0.6) is 0 Å². The highest BCUT2D eigenvalue weighted by molar-refractivity contribution is 5.78. The van der Waals surface area contributed by atoms with Crippen LogP contribution in [0.2, 0.25) is 0 Å². The van der Waals surface area contributed by atoms with E-state index in [1.54, 1.807) is 0 Å². The number of Topliss-reactive ketones (excluding diaryl/α,β-unsaturated/α-hetero) is 1. The summed E-state index contributed by atoms with van der Waals surface area (Å²) in [4.78, 5) is 11.6. The highest BCUT2D eigenvalue weighted by Gasteiger charge is 2.18. The van der Waals surface area contributed by atoms with Gasteiger partial charge >= 0.3 is 0 Å². The van der Waals surface area contributed by atoms with E-state index < -0.39 is 0 Å². The number of rotatable bonds is 6. The van der Waals surface area contributed by atoms with Crippen LogP contribution in [0.15, 0.2) is 0 Å². The first-order valence-corrected chi connectivity index (χ1v) is 5.94. The summed E-state index contributed by atoms with van der Waals surface area (Å²) < 4.78 is 0. The highest BCUT2D eigenvalue weighted by atomic mass is 16.1. The summed E-state index contributed by atoms with van der Waals surface area (Å²) in [5.41, 5.74) is 5.51. The van der Waals surface area contributed by atoms with E-state index in [1.807, 2.05) is 0 Å². The van der Waals surface area contributed by atoms with Crippen LogP contribution in [0.25, 0.3) is 0 Å². The van der Waals surface area contributed by atoms with Crippen LogP contribution < -0.4 is 5.73 Å². The Bertz CT molecular complexity index is 173. The summed E-state index contributed by atoms with van der Waals surface area (Å²) >= 11 is 0. The van der Waals surface area contributed by atoms with E-state index >= 15 is 0 Å². The molecule has 1 rings (SSSR count). The smallest absolute Gasteiger partial charge is 0.133 e. The van der Waals surface area contributed by atoms with Crippen LogP contribution in [0.3, 0.4) is 0 Å². The molecule has 0 bridgehead atoms. The van der Waals surface area contributed by atoms with Gasteiger partial charge < -0.3 is 5.73 Å². The van der Waals surface area contributed by atoms with Gasteiger partial charge in [-0.1, -0.05) is 32.6 Å². The maximum absolute atomic E-state index is 11.6. The predicted octanol–water partition coefficient (Wildman–Crippen LogP) is 2.51. The lowest BCUT2D eigenvalue weighted by atomic mass is 9.96. The zero-order valence-electron chi connectivity index (χ0n) is 9.30. The number of ketones is 1. The Morgan fingerprint density at radius 3 is 2.64 bits per heavy atom. The van der Waals surface area contributed by atoms with E-state index in [4.69, 9.17) is 5.73 Å². The van der Waals surface area contributed by atoms with E-state index in [0.717, 1.165) is 19.3 Å². The molecule has 2 heteroatoms. The van der Waals surface area contributed by atoms with Gasteiger partial charge in [-0.3, -0.25) is 4.79 Å². The number of nitrogens with two attached hydrogens (primary N) is 1. The first-order chi connectivity index (χ1) is 6.72. The third-order valence-corrected chi connectivity index (χ3v) is 3.31. The van der Waals surface area contributed by atoms with Gasteiger partial charge in [0.05, 0.1) is 0 Å². The van der Waals surface area contributed by atoms with Crippen molar-refractivity contribution >= 4 is 5.78 Å². The standard InChI is InChI=1S/C12H23NO/c1-10(9-13)6-7-12(14)8-11-4-2-3-5-11/h10-11H,2-9,13H2,1H3. The van der Waals surface area contributed by atoms with Crippen LogP contribution in [-0.2, 0) is 4.79 Å². The fourth-order valence-corrected chi connectivity index (χ4v) is 2.16. The van der Waals surface area contributed by atoms with Gasteiger partial charge in [-0.15, -0.1) is 0 Å². The lowest BCUT2D eigenvalue weighted by Crippen LogP contribution is -2.13. The van der Waals surface area contributed by atoms with Crippen LogP contribution in [0.1, 0.15) is 51.9 Å². The molecule has 14 heavy (non-hydrogen) atoms. The molecule has 2 N–H and O–H groups in total. The average molecular weight is 197 g/mol. The molecule has 0 amide bonds. The summed E-state index contributed by atoms with van der Waals surface area (Å²) in [6.07, 6.45) is 7.76. The maximum Gasteiger partial charge on any atom is 0.133 e. The molecular weight excluding hydrogens is 174 g/mol. The van der Waals surface area contributed by atoms with Gasteiger partial charge in [0, 0.05) is 12.8 Å². The van der Waals surface area contributed by atoms with Crippen molar-refractivity contribution in [3.63, 3.8) is 0 Å². The topological polar surface area (TPSA) is 43.1 Å². The molecule has 1 aliphatic rings. The monoisotopic (exact) mass is 197 g/mol. The molecule has 2 nitrogen and oxygen atoms in total. The number of hydrogen-bond donors (Lipinski definition) is 1. The average Bonchev–Trinajstić information content (AvgIpc) is 2.66. The Labute approximate surface area is 87.2 Å². The van der Waals surface area contributed by atoms with Gasteiger partial charge in [0.1, 0.15) is 5.78 Å². The van der Waals surface area contributed by atoms with E-state index in [0.29, 0.717) is 24.2 Å². The summed E-state index contributed by atoms with van der Waals surface area (Å²) in [5, 5.41) is 0. The second-order valence-electron chi connectivity index (χ2n) is 4.77. The molecule has 1 aliphatic carbocycles. The maximum atomic E-state index is 11.6. The Kier molecular flexibility index (Phi) is 5.16. The minimum absolute atomic E-state index is 0.456. The van der Waals surface area contributed by atoms with Crippen molar-refractivity contribution < 1.29 is 4.79 Å². The van der Waals surface area contributed by atoms with Gasteiger partial charge in [0.15, 0.2) is 0 Å². The second-order valence-corrected chi connectivity index (χ2v) is 4.77. The molecule has 1 atom stereocenters. The normalized spacial score (nSPS) is 19.9. The first-order valence-electron chi connectivity index (χ1n) is 5.94. The van der Waals surface area contributed by atoms with Gasteiger partial charge in [0.2, 0.25) is 0 Å². The van der Waals surface area contributed by atoms with E-state index in [-0.39, 0.29) is 0 Å². The van der Waals surface area contributed by atoms with Crippen LogP contribution in [-0.4, -0.2) is 12.3 Å². The van der Waals surface area contributed by atoms with Crippen LogP contribution in [0.4, 0.5) is 0 Å². The Balaban J connectivity index is 2.09. The molecule has 0 heterocycles. The zero-order chi connectivity index (χ0) is 10.4. The molecule has 0 saturated heterocycles. The van der Waals surface area contributed by atoms with Crippen molar-refractivity contribution in [3.8, 4) is 0 Å². The lowest BCUT2D eigenvalue weighted by molar-refractivity contribution is -0.120. The van der Waals surface area contributed by atoms with Crippen molar-refractivity contribution in [1.29, 1.82) is 0 Å². The molecule has 1 unspecified atom stereocenters. The number of carbonyl (C=O) groups excluding carboxylic acids is 1. The Morgan fingerprint density at radius 2 is 2.07 bits per heavy atom. The Hall–Kier alpha value is -0.370. The van der Waals surface area contributed by atoms with Crippen molar-refractivity contribution in [1.82, 2.24) is 0 Å². The van der Waals surface area contributed by atoms with Gasteiger partial charge in [-0.25, -0.2) is 0 Å². The van der Waals surface area contributed by atoms with E-state index in [9.17, 15) is 4.79 Å². The molecule has 82 valence electrons. The molecule has 0 aromatic rings. The van der Waals surface area contributed by atoms with Crippen molar-refractivity contribution in [3.05, 3.63) is 0 Å². The van der Waals surface area contributed by atoms with Crippen LogP contribution >= 0.6 is 0 Å². The van der Waals surface area contributed by atoms with Gasteiger partial charge in [-0.05, 0) is 24.8 Å². The zero-order valence-corrected chi connectivity index (χ0v) is 9.30. The number of carbonyl (C=O) groups is 1. The quantitative estimate of drug-likeness (QED) is 0.711. The molecule has 0 radical (unpaired) electrons. The minimum atomic E-state index is 0.456. The molecular formula is C12H23NO. The van der Waals surface area contributed by atoms with E-state index in [2.05, 4.69) is 6.92 Å². The lowest BCUT2D eigenvalue weighted by Gasteiger charge is -2.09. The molecule has 1 fully saturated rings. The van der Waals surface area contributed by atoms with Gasteiger partial charge in [-0.2, -0.15) is 0 Å². The fraction of sp³-hybridized carbons (Fsp3) is 0.917. The molecule has 0 aromatic carbocycles. The summed E-state index contributed by atoms with van der Waals surface area (Å²) in [5.74, 6) is 1.66. The third kappa shape index (κ3) is 4.23. The Morgan fingerprint density at radius 1 is 1.43 bits per heavy atom. The SMILES string of the molecule is CC(CN)CCC(=O)CC1CCCC1. The summed E-state index contributed by atoms with van der Waals surface area (Å²) in [7, 11) is 0. The molecule has 0 spiro atoms.